The van der Waals surface area contributed by atoms with Gasteiger partial charge in [0.1, 0.15) is 17.5 Å². The minimum absolute atomic E-state index is 0.183. The van der Waals surface area contributed by atoms with Crippen LogP contribution in [0.2, 0.25) is 0 Å². The molecule has 0 spiro atoms. The highest BCUT2D eigenvalue weighted by atomic mass is 19.4. The second-order valence-electron chi connectivity index (χ2n) is 5.57. The monoisotopic (exact) mass is 388 g/mol. The van der Waals surface area contributed by atoms with Crippen LogP contribution >= 0.6 is 0 Å². The molecule has 0 fully saturated rings. The molecule has 3 N–H and O–H groups in total. The number of pyridine rings is 1. The Hall–Kier alpha value is -2.91. The van der Waals surface area contributed by atoms with E-state index in [1.165, 1.54) is 18.2 Å². The maximum atomic E-state index is 13.0. The zero-order valence-electron chi connectivity index (χ0n) is 14.0. The lowest BCUT2D eigenvalue weighted by Crippen LogP contribution is -2.38. The molecule has 0 aliphatic heterocycles. The van der Waals surface area contributed by atoms with Gasteiger partial charge in [0.2, 0.25) is 0 Å². The Morgan fingerprint density at radius 3 is 2.22 bits per heavy atom. The Morgan fingerprint density at radius 2 is 1.63 bits per heavy atom. The highest BCUT2D eigenvalue weighted by molar-refractivity contribution is 5.73. The van der Waals surface area contributed by atoms with Crippen LogP contribution in [0.25, 0.3) is 0 Å². The van der Waals surface area contributed by atoms with Crippen LogP contribution in [0.1, 0.15) is 11.1 Å². The van der Waals surface area contributed by atoms with Gasteiger partial charge in [0.05, 0.1) is 5.56 Å². The molecule has 5 nitrogen and oxygen atoms in total. The van der Waals surface area contributed by atoms with Gasteiger partial charge in [0.25, 0.3) is 0 Å². The number of hydrogen-bond donors (Lipinski definition) is 3. The van der Waals surface area contributed by atoms with Crippen LogP contribution in [-0.4, -0.2) is 30.6 Å². The van der Waals surface area contributed by atoms with E-state index in [1.54, 1.807) is 0 Å². The largest absolute Gasteiger partial charge is 0.417 e. The lowest BCUT2D eigenvalue weighted by Gasteiger charge is -2.10. The first-order valence-electron chi connectivity index (χ1n) is 7.98. The summed E-state index contributed by atoms with van der Waals surface area (Å²) in [4.78, 5) is 15.2. The van der Waals surface area contributed by atoms with Crippen LogP contribution in [-0.2, 0) is 12.6 Å². The number of amides is 2. The molecule has 2 rings (SSSR count). The number of alkyl halides is 3. The molecule has 27 heavy (non-hydrogen) atoms. The number of anilines is 1. The summed E-state index contributed by atoms with van der Waals surface area (Å²) in [6.45, 7) is 0.632. The van der Waals surface area contributed by atoms with Crippen molar-refractivity contribution in [1.82, 2.24) is 15.6 Å². The van der Waals surface area contributed by atoms with Crippen LogP contribution in [0.3, 0.4) is 0 Å². The average molecular weight is 388 g/mol. The first-order valence-corrected chi connectivity index (χ1v) is 7.98. The molecule has 1 aromatic carbocycles. The summed E-state index contributed by atoms with van der Waals surface area (Å²) in [6.07, 6.45) is -3.46. The zero-order chi connectivity index (χ0) is 19.9. The standard InChI is InChI=1S/C17H17F5N4O/c18-13-7-11(8-14(19)9-13)3-4-24-16(27)25-6-5-23-15-2-1-12(10-26-15)17(20,21)22/h1-2,7-10H,3-6H2,(H,23,26)(H2,24,25,27). The van der Waals surface area contributed by atoms with Gasteiger partial charge in [-0.15, -0.1) is 0 Å². The van der Waals surface area contributed by atoms with Gasteiger partial charge in [-0.05, 0) is 36.2 Å². The van der Waals surface area contributed by atoms with E-state index in [9.17, 15) is 26.7 Å². The molecular formula is C17H17F5N4O. The summed E-state index contributed by atoms with van der Waals surface area (Å²) >= 11 is 0. The number of carbonyl (C=O) groups excluding carboxylic acids is 1. The molecule has 0 aliphatic rings. The number of aromatic nitrogens is 1. The van der Waals surface area contributed by atoms with Crippen molar-refractivity contribution in [3.8, 4) is 0 Å². The SMILES string of the molecule is O=C(NCCNc1ccc(C(F)(F)F)cn1)NCCc1cc(F)cc(F)c1. The summed E-state index contributed by atoms with van der Waals surface area (Å²) < 4.78 is 63.3. The highest BCUT2D eigenvalue weighted by Gasteiger charge is 2.30. The van der Waals surface area contributed by atoms with Crippen LogP contribution in [0.15, 0.2) is 36.5 Å². The van der Waals surface area contributed by atoms with E-state index in [0.717, 1.165) is 18.3 Å². The molecule has 0 saturated heterocycles. The normalized spacial score (nSPS) is 11.1. The third kappa shape index (κ3) is 7.08. The minimum atomic E-state index is -4.44. The van der Waals surface area contributed by atoms with E-state index in [0.29, 0.717) is 5.56 Å². The van der Waals surface area contributed by atoms with E-state index in [2.05, 4.69) is 20.9 Å². The lowest BCUT2D eigenvalue weighted by atomic mass is 10.1. The second kappa shape index (κ2) is 9.15. The summed E-state index contributed by atoms with van der Waals surface area (Å²) in [5.41, 5.74) is -0.424. The predicted molar refractivity (Wildman–Crippen MR) is 89.2 cm³/mol. The number of rotatable bonds is 7. The third-order valence-corrected chi connectivity index (χ3v) is 3.43. The first-order chi connectivity index (χ1) is 12.7. The molecule has 0 bridgehead atoms. The summed E-state index contributed by atoms with van der Waals surface area (Å²) in [5.74, 6) is -1.12. The van der Waals surface area contributed by atoms with Crippen molar-refractivity contribution in [3.05, 3.63) is 59.3 Å². The quantitative estimate of drug-likeness (QED) is 0.504. The van der Waals surface area contributed by atoms with Gasteiger partial charge in [-0.25, -0.2) is 18.6 Å². The van der Waals surface area contributed by atoms with Crippen LogP contribution in [0.5, 0.6) is 0 Å². The number of nitrogens with one attached hydrogen (secondary N) is 3. The van der Waals surface area contributed by atoms with Gasteiger partial charge >= 0.3 is 12.2 Å². The summed E-state index contributed by atoms with van der Waals surface area (Å²) in [7, 11) is 0. The topological polar surface area (TPSA) is 66.0 Å². The third-order valence-electron chi connectivity index (χ3n) is 3.43. The molecule has 0 aliphatic carbocycles. The van der Waals surface area contributed by atoms with Crippen molar-refractivity contribution in [2.24, 2.45) is 0 Å². The van der Waals surface area contributed by atoms with Crippen LogP contribution < -0.4 is 16.0 Å². The Balaban J connectivity index is 1.63. The fraction of sp³-hybridized carbons (Fsp3) is 0.294. The van der Waals surface area contributed by atoms with E-state index >= 15 is 0 Å². The maximum Gasteiger partial charge on any atom is 0.417 e. The predicted octanol–water partition coefficient (Wildman–Crippen LogP) is 3.33. The average Bonchev–Trinajstić information content (AvgIpc) is 2.57. The van der Waals surface area contributed by atoms with Crippen molar-refractivity contribution in [1.29, 1.82) is 0 Å². The van der Waals surface area contributed by atoms with Gasteiger partial charge in [-0.3, -0.25) is 0 Å². The number of hydrogen-bond acceptors (Lipinski definition) is 3. The van der Waals surface area contributed by atoms with Crippen molar-refractivity contribution < 1.29 is 26.7 Å². The molecule has 146 valence electrons. The van der Waals surface area contributed by atoms with Crippen molar-refractivity contribution in [2.45, 2.75) is 12.6 Å². The summed E-state index contributed by atoms with van der Waals surface area (Å²) in [6, 6.07) is 4.76. The van der Waals surface area contributed by atoms with E-state index in [-0.39, 0.29) is 31.9 Å². The fourth-order valence-electron chi connectivity index (χ4n) is 2.17. The Bertz CT molecular complexity index is 745. The van der Waals surface area contributed by atoms with Gasteiger partial charge < -0.3 is 16.0 Å². The molecule has 1 heterocycles. The number of carbonyl (C=O) groups is 1. The summed E-state index contributed by atoms with van der Waals surface area (Å²) in [5, 5.41) is 7.83. The lowest BCUT2D eigenvalue weighted by molar-refractivity contribution is -0.137. The second-order valence-corrected chi connectivity index (χ2v) is 5.57. The molecule has 0 saturated carbocycles. The van der Waals surface area contributed by atoms with Crippen molar-refractivity contribution in [3.63, 3.8) is 0 Å². The van der Waals surface area contributed by atoms with Gasteiger partial charge in [0, 0.05) is 31.9 Å². The number of benzene rings is 1. The molecule has 2 aromatic rings. The number of nitrogens with zero attached hydrogens (tertiary/aromatic N) is 1. The molecular weight excluding hydrogens is 371 g/mol. The number of urea groups is 1. The van der Waals surface area contributed by atoms with Crippen molar-refractivity contribution in [2.75, 3.05) is 25.0 Å². The molecule has 1 aromatic heterocycles. The van der Waals surface area contributed by atoms with Crippen LogP contribution in [0.4, 0.5) is 32.6 Å². The smallest absolute Gasteiger partial charge is 0.368 e. The highest BCUT2D eigenvalue weighted by Crippen LogP contribution is 2.28. The van der Waals surface area contributed by atoms with Crippen molar-refractivity contribution >= 4 is 11.8 Å². The first kappa shape index (κ1) is 20.4. The maximum absolute atomic E-state index is 13.0. The molecule has 0 atom stereocenters. The Labute approximate surface area is 152 Å². The van der Waals surface area contributed by atoms with E-state index < -0.39 is 29.4 Å². The fourth-order valence-corrected chi connectivity index (χ4v) is 2.17. The molecule has 10 heteroatoms. The Kier molecular flexibility index (Phi) is 6.91. The van der Waals surface area contributed by atoms with Gasteiger partial charge in [0.15, 0.2) is 0 Å². The van der Waals surface area contributed by atoms with E-state index in [1.807, 2.05) is 0 Å². The van der Waals surface area contributed by atoms with Gasteiger partial charge in [-0.1, -0.05) is 0 Å². The minimum Gasteiger partial charge on any atom is -0.368 e. The van der Waals surface area contributed by atoms with Crippen LogP contribution in [0, 0.1) is 11.6 Å². The number of halogens is 5. The van der Waals surface area contributed by atoms with E-state index in [4.69, 9.17) is 0 Å². The zero-order valence-corrected chi connectivity index (χ0v) is 14.0. The molecule has 2 amide bonds. The Morgan fingerprint density at radius 1 is 0.963 bits per heavy atom. The molecule has 0 unspecified atom stereocenters. The van der Waals surface area contributed by atoms with Gasteiger partial charge in [-0.2, -0.15) is 13.2 Å². The molecule has 0 radical (unpaired) electrons.